The maximum absolute atomic E-state index is 11.7. The average molecular weight is 352 g/mol. The topological polar surface area (TPSA) is 72.1 Å². The van der Waals surface area contributed by atoms with E-state index in [2.05, 4.69) is 11.8 Å². The molecule has 3 heterocycles. The molecular formula is C19H20N4OS. The van der Waals surface area contributed by atoms with Gasteiger partial charge in [-0.2, -0.15) is 0 Å². The average Bonchev–Trinajstić information content (AvgIpc) is 3.16. The van der Waals surface area contributed by atoms with Crippen LogP contribution < -0.4 is 10.6 Å². The molecule has 0 saturated carbocycles. The van der Waals surface area contributed by atoms with Crippen LogP contribution in [-0.4, -0.2) is 28.5 Å². The van der Waals surface area contributed by atoms with Crippen molar-refractivity contribution in [1.29, 1.82) is 0 Å². The number of aromatic nitrogens is 2. The zero-order valence-electron chi connectivity index (χ0n) is 14.1. The van der Waals surface area contributed by atoms with Crippen LogP contribution in [0.25, 0.3) is 21.6 Å². The Morgan fingerprint density at radius 2 is 2.04 bits per heavy atom. The molecule has 1 fully saturated rings. The van der Waals surface area contributed by atoms with Crippen molar-refractivity contribution in [1.82, 2.24) is 9.97 Å². The van der Waals surface area contributed by atoms with E-state index in [1.165, 1.54) is 0 Å². The first kappa shape index (κ1) is 16.0. The second-order valence-corrected chi connectivity index (χ2v) is 7.49. The Hall–Kier alpha value is -2.47. The number of hydrogen-bond donors (Lipinski definition) is 1. The van der Waals surface area contributed by atoms with Crippen LogP contribution in [0.5, 0.6) is 0 Å². The lowest BCUT2D eigenvalue weighted by Gasteiger charge is -2.38. The maximum atomic E-state index is 11.7. The highest BCUT2D eigenvalue weighted by atomic mass is 32.1. The normalized spacial score (nSPS) is 20.8. The molecule has 6 heteroatoms. The molecule has 0 radical (unpaired) electrons. The van der Waals surface area contributed by atoms with E-state index in [9.17, 15) is 4.79 Å². The lowest BCUT2D eigenvalue weighted by atomic mass is 9.92. The second-order valence-electron chi connectivity index (χ2n) is 6.54. The fourth-order valence-corrected chi connectivity index (χ4v) is 4.09. The molecule has 5 nitrogen and oxygen atoms in total. The Bertz CT molecular complexity index is 909. The number of nitrogens with zero attached hydrogens (tertiary/aromatic N) is 3. The predicted octanol–water partition coefficient (Wildman–Crippen LogP) is 3.45. The monoisotopic (exact) mass is 352 g/mol. The van der Waals surface area contributed by atoms with Gasteiger partial charge in [0, 0.05) is 18.0 Å². The number of benzene rings is 1. The number of primary amides is 1. The number of nitrogens with two attached hydrogens (primary N) is 1. The number of para-hydroxylation sites is 1. The molecular weight excluding hydrogens is 332 g/mol. The van der Waals surface area contributed by atoms with E-state index in [0.29, 0.717) is 12.6 Å². The molecule has 0 bridgehead atoms. The van der Waals surface area contributed by atoms with E-state index in [0.717, 1.165) is 40.3 Å². The molecule has 2 atom stereocenters. The molecule has 0 spiro atoms. The third kappa shape index (κ3) is 2.98. The third-order valence-corrected chi connectivity index (χ3v) is 5.75. The predicted molar refractivity (Wildman–Crippen MR) is 102 cm³/mol. The van der Waals surface area contributed by atoms with Gasteiger partial charge in [0.2, 0.25) is 5.91 Å². The van der Waals surface area contributed by atoms with Gasteiger partial charge >= 0.3 is 0 Å². The zero-order chi connectivity index (χ0) is 17.4. The number of hydrogen-bond acceptors (Lipinski definition) is 5. The van der Waals surface area contributed by atoms with Crippen molar-refractivity contribution in [2.75, 3.05) is 11.4 Å². The van der Waals surface area contributed by atoms with Gasteiger partial charge in [-0.05, 0) is 43.3 Å². The maximum Gasteiger partial charge on any atom is 0.222 e. The highest BCUT2D eigenvalue weighted by Crippen LogP contribution is 2.33. The molecule has 1 aromatic carbocycles. The SMILES string of the molecule is CC1CCC(C(N)=O)CN1c1nc(-c2cccs2)nc2ccccc12. The van der Waals surface area contributed by atoms with Crippen LogP contribution in [0.1, 0.15) is 19.8 Å². The minimum atomic E-state index is -0.228. The fraction of sp³-hybridized carbons (Fsp3) is 0.316. The lowest BCUT2D eigenvalue weighted by molar-refractivity contribution is -0.122. The summed E-state index contributed by atoms with van der Waals surface area (Å²) in [6, 6.07) is 12.4. The van der Waals surface area contributed by atoms with Crippen LogP contribution in [-0.2, 0) is 4.79 Å². The van der Waals surface area contributed by atoms with E-state index in [4.69, 9.17) is 15.7 Å². The Morgan fingerprint density at radius 3 is 2.80 bits per heavy atom. The molecule has 1 aliphatic rings. The number of carbonyl (C=O) groups excluding carboxylic acids is 1. The van der Waals surface area contributed by atoms with Crippen LogP contribution in [0.2, 0.25) is 0 Å². The summed E-state index contributed by atoms with van der Waals surface area (Å²) in [6.07, 6.45) is 1.77. The van der Waals surface area contributed by atoms with Crippen molar-refractivity contribution >= 4 is 34.0 Å². The summed E-state index contributed by atoms with van der Waals surface area (Å²) in [7, 11) is 0. The van der Waals surface area contributed by atoms with Gasteiger partial charge in [-0.25, -0.2) is 9.97 Å². The largest absolute Gasteiger partial charge is 0.369 e. The first-order valence-electron chi connectivity index (χ1n) is 8.50. The molecule has 2 N–H and O–H groups in total. The Kier molecular flexibility index (Phi) is 4.13. The molecule has 1 saturated heterocycles. The standard InChI is InChI=1S/C19H20N4OS/c1-12-8-9-13(17(20)24)11-23(12)19-14-5-2-3-6-15(14)21-18(22-19)16-7-4-10-25-16/h2-7,10,12-13H,8-9,11H2,1H3,(H2,20,24). The number of carbonyl (C=O) groups is 1. The quantitative estimate of drug-likeness (QED) is 0.784. The van der Waals surface area contributed by atoms with Gasteiger partial charge in [-0.3, -0.25) is 4.79 Å². The van der Waals surface area contributed by atoms with Gasteiger partial charge < -0.3 is 10.6 Å². The van der Waals surface area contributed by atoms with Crippen LogP contribution in [0.15, 0.2) is 41.8 Å². The molecule has 0 aliphatic carbocycles. The summed E-state index contributed by atoms with van der Waals surface area (Å²) in [5, 5.41) is 3.04. The van der Waals surface area contributed by atoms with Gasteiger partial charge in [0.05, 0.1) is 16.3 Å². The van der Waals surface area contributed by atoms with Crippen LogP contribution in [0.3, 0.4) is 0 Å². The third-order valence-electron chi connectivity index (χ3n) is 4.88. The highest BCUT2D eigenvalue weighted by Gasteiger charge is 2.30. The number of amides is 1. The van der Waals surface area contributed by atoms with Crippen LogP contribution >= 0.6 is 11.3 Å². The van der Waals surface area contributed by atoms with Crippen LogP contribution in [0, 0.1) is 5.92 Å². The summed E-state index contributed by atoms with van der Waals surface area (Å²) in [4.78, 5) is 24.6. The number of fused-ring (bicyclic) bond motifs is 1. The molecule has 128 valence electrons. The van der Waals surface area contributed by atoms with E-state index in [1.807, 2.05) is 41.8 Å². The van der Waals surface area contributed by atoms with Gasteiger partial charge in [-0.15, -0.1) is 11.3 Å². The fourth-order valence-electron chi connectivity index (χ4n) is 3.43. The Balaban J connectivity index is 1.86. The van der Waals surface area contributed by atoms with Gasteiger partial charge in [0.1, 0.15) is 5.82 Å². The van der Waals surface area contributed by atoms with Crippen molar-refractivity contribution in [3.8, 4) is 10.7 Å². The van der Waals surface area contributed by atoms with Crippen molar-refractivity contribution < 1.29 is 4.79 Å². The Morgan fingerprint density at radius 1 is 1.20 bits per heavy atom. The summed E-state index contributed by atoms with van der Waals surface area (Å²) in [5.74, 6) is 1.27. The van der Waals surface area contributed by atoms with Crippen molar-refractivity contribution in [3.63, 3.8) is 0 Å². The van der Waals surface area contributed by atoms with Crippen molar-refractivity contribution in [2.24, 2.45) is 11.7 Å². The van der Waals surface area contributed by atoms with Gasteiger partial charge in [0.25, 0.3) is 0 Å². The number of thiophene rings is 1. The number of piperidine rings is 1. The summed E-state index contributed by atoms with van der Waals surface area (Å²) in [6.45, 7) is 2.79. The van der Waals surface area contributed by atoms with Gasteiger partial charge in [0.15, 0.2) is 5.82 Å². The molecule has 4 rings (SSSR count). The van der Waals surface area contributed by atoms with E-state index >= 15 is 0 Å². The van der Waals surface area contributed by atoms with Crippen molar-refractivity contribution in [3.05, 3.63) is 41.8 Å². The lowest BCUT2D eigenvalue weighted by Crippen LogP contribution is -2.46. The first-order valence-corrected chi connectivity index (χ1v) is 9.38. The van der Waals surface area contributed by atoms with E-state index < -0.39 is 0 Å². The molecule has 3 aromatic rings. The van der Waals surface area contributed by atoms with Crippen LogP contribution in [0.4, 0.5) is 5.82 Å². The van der Waals surface area contributed by atoms with E-state index in [-0.39, 0.29) is 11.8 Å². The zero-order valence-corrected chi connectivity index (χ0v) is 14.9. The first-order chi connectivity index (χ1) is 12.1. The second kappa shape index (κ2) is 6.44. The molecule has 2 unspecified atom stereocenters. The smallest absolute Gasteiger partial charge is 0.222 e. The van der Waals surface area contributed by atoms with Crippen molar-refractivity contribution in [2.45, 2.75) is 25.8 Å². The molecule has 1 aliphatic heterocycles. The minimum Gasteiger partial charge on any atom is -0.369 e. The molecule has 25 heavy (non-hydrogen) atoms. The minimum absolute atomic E-state index is 0.130. The summed E-state index contributed by atoms with van der Waals surface area (Å²) in [5.41, 5.74) is 6.50. The summed E-state index contributed by atoms with van der Waals surface area (Å²) < 4.78 is 0. The highest BCUT2D eigenvalue weighted by molar-refractivity contribution is 7.13. The Labute approximate surface area is 150 Å². The molecule has 2 aromatic heterocycles. The van der Waals surface area contributed by atoms with Gasteiger partial charge in [-0.1, -0.05) is 18.2 Å². The number of rotatable bonds is 3. The molecule has 1 amide bonds. The summed E-state index contributed by atoms with van der Waals surface area (Å²) >= 11 is 1.63. The number of anilines is 1. The van der Waals surface area contributed by atoms with E-state index in [1.54, 1.807) is 11.3 Å².